The predicted octanol–water partition coefficient (Wildman–Crippen LogP) is 5.49. The van der Waals surface area contributed by atoms with Crippen LogP contribution in [-0.4, -0.2) is 52.5 Å². The Kier molecular flexibility index (Phi) is 8.34. The highest BCUT2D eigenvalue weighted by Gasteiger charge is 2.66. The number of rotatable bonds is 10. The first kappa shape index (κ1) is 28.7. The summed E-state index contributed by atoms with van der Waals surface area (Å²) in [5.41, 5.74) is 0.976. The first-order valence-corrected chi connectivity index (χ1v) is 14.3. The third-order valence-electron chi connectivity index (χ3n) is 7.22. The third-order valence-corrected chi connectivity index (χ3v) is 11.7. The Hall–Kier alpha value is -1.49. The first-order valence-electron chi connectivity index (χ1n) is 11.4. The molecule has 2 N–H and O–H groups in total. The minimum Gasteiger partial charge on any atom is -0.456 e. The van der Waals surface area contributed by atoms with Crippen LogP contribution < -0.4 is 5.73 Å². The summed E-state index contributed by atoms with van der Waals surface area (Å²) in [5, 5.41) is -0.125. The zero-order chi connectivity index (χ0) is 26.2. The highest BCUT2D eigenvalue weighted by atomic mass is 28.4. The zero-order valence-electron chi connectivity index (χ0n) is 21.0. The molecule has 34 heavy (non-hydrogen) atoms. The Balaban J connectivity index is 2.43. The van der Waals surface area contributed by atoms with E-state index in [1.54, 1.807) is 0 Å². The van der Waals surface area contributed by atoms with Crippen molar-refractivity contribution in [2.45, 2.75) is 88.8 Å². The maximum atomic E-state index is 15.4. The fourth-order valence-electron chi connectivity index (χ4n) is 3.60. The van der Waals surface area contributed by atoms with Gasteiger partial charge < -0.3 is 19.6 Å². The predicted molar refractivity (Wildman–Crippen MR) is 124 cm³/mol. The summed E-state index contributed by atoms with van der Waals surface area (Å²) in [5.74, 6) is -1.72. The summed E-state index contributed by atoms with van der Waals surface area (Å²) in [6.45, 7) is 11.7. The molecule has 0 aromatic heterocycles. The first-order chi connectivity index (χ1) is 15.4. The van der Waals surface area contributed by atoms with Crippen LogP contribution in [0, 0.1) is 5.41 Å². The number of hydrogen-bond donors (Lipinski definition) is 1. The molecule has 194 valence electrons. The largest absolute Gasteiger partial charge is 0.456 e. The number of hydrogen-bond acceptors (Lipinski definition) is 5. The van der Waals surface area contributed by atoms with Crippen molar-refractivity contribution >= 4 is 14.3 Å². The van der Waals surface area contributed by atoms with Gasteiger partial charge in [-0.15, -0.1) is 0 Å². The Bertz CT molecular complexity index is 838. The molecule has 10 heteroatoms. The Labute approximate surface area is 200 Å². The number of nitrogens with two attached hydrogens (primary N) is 1. The summed E-state index contributed by atoms with van der Waals surface area (Å²) >= 11 is 0. The van der Waals surface area contributed by atoms with Gasteiger partial charge in [0.2, 0.25) is 0 Å². The summed E-state index contributed by atoms with van der Waals surface area (Å²) in [4.78, 5) is 13.2. The summed E-state index contributed by atoms with van der Waals surface area (Å²) < 4.78 is 74.7. The van der Waals surface area contributed by atoms with Crippen LogP contribution in [0.15, 0.2) is 30.3 Å². The van der Waals surface area contributed by atoms with Gasteiger partial charge in [0, 0.05) is 30.7 Å². The van der Waals surface area contributed by atoms with Gasteiger partial charge >= 0.3 is 12.1 Å². The Morgan fingerprint density at radius 1 is 1.15 bits per heavy atom. The lowest BCUT2D eigenvalue weighted by Crippen LogP contribution is -2.56. The molecule has 1 aliphatic carbocycles. The lowest BCUT2D eigenvalue weighted by Gasteiger charge is -2.40. The SMILES string of the molecule is CO[C@@](C(=O)O[C@@H]([C@H](F)[C@@H](C)N)C1(CO[Si](C)(C)C(C)(C)C)CC1)(c1ccccc1)C(F)(F)F. The second kappa shape index (κ2) is 9.87. The average Bonchev–Trinajstić information content (AvgIpc) is 3.51. The van der Waals surface area contributed by atoms with Crippen LogP contribution in [0.5, 0.6) is 0 Å². The lowest BCUT2D eigenvalue weighted by molar-refractivity contribution is -0.280. The van der Waals surface area contributed by atoms with Gasteiger partial charge in [-0.3, -0.25) is 0 Å². The van der Waals surface area contributed by atoms with Crippen molar-refractivity contribution in [1.29, 1.82) is 0 Å². The summed E-state index contributed by atoms with van der Waals surface area (Å²) in [6.07, 6.45) is -7.65. The van der Waals surface area contributed by atoms with E-state index in [-0.39, 0.29) is 11.6 Å². The van der Waals surface area contributed by atoms with Crippen LogP contribution in [0.1, 0.15) is 46.1 Å². The monoisotopic (exact) mass is 507 g/mol. The Morgan fingerprint density at radius 3 is 2.06 bits per heavy atom. The maximum Gasteiger partial charge on any atom is 0.432 e. The van der Waals surface area contributed by atoms with Gasteiger partial charge in [-0.05, 0) is 37.9 Å². The van der Waals surface area contributed by atoms with E-state index in [4.69, 9.17) is 19.6 Å². The van der Waals surface area contributed by atoms with E-state index in [0.717, 1.165) is 19.2 Å². The lowest BCUT2D eigenvalue weighted by atomic mass is 9.90. The fourth-order valence-corrected chi connectivity index (χ4v) is 4.68. The molecule has 0 saturated heterocycles. The summed E-state index contributed by atoms with van der Waals surface area (Å²) in [7, 11) is -1.47. The Morgan fingerprint density at radius 2 is 1.68 bits per heavy atom. The van der Waals surface area contributed by atoms with Gasteiger partial charge in [-0.2, -0.15) is 13.2 Å². The molecule has 1 saturated carbocycles. The quantitative estimate of drug-likeness (QED) is 0.258. The van der Waals surface area contributed by atoms with Gasteiger partial charge in [0.1, 0.15) is 6.10 Å². The minimum atomic E-state index is -5.15. The van der Waals surface area contributed by atoms with Gasteiger partial charge in [-0.25, -0.2) is 9.18 Å². The molecule has 4 atom stereocenters. The van der Waals surface area contributed by atoms with E-state index in [1.165, 1.54) is 25.1 Å². The number of carbonyl (C=O) groups is 1. The van der Waals surface area contributed by atoms with E-state index < -0.39 is 55.4 Å². The summed E-state index contributed by atoms with van der Waals surface area (Å²) in [6, 6.07) is 5.41. The molecule has 0 aliphatic heterocycles. The molecule has 1 aromatic rings. The third kappa shape index (κ3) is 5.50. The van der Waals surface area contributed by atoms with Crippen molar-refractivity contribution in [2.75, 3.05) is 13.7 Å². The zero-order valence-corrected chi connectivity index (χ0v) is 22.0. The molecule has 0 bridgehead atoms. The molecule has 1 aliphatic rings. The fraction of sp³-hybridized carbons (Fsp3) is 0.708. The molecule has 1 aromatic carbocycles. The van der Waals surface area contributed by atoms with Crippen LogP contribution in [0.2, 0.25) is 18.1 Å². The number of halogens is 4. The topological polar surface area (TPSA) is 70.8 Å². The molecule has 1 fully saturated rings. The van der Waals surface area contributed by atoms with E-state index in [9.17, 15) is 18.0 Å². The molecule has 0 unspecified atom stereocenters. The van der Waals surface area contributed by atoms with Gasteiger partial charge in [0.15, 0.2) is 14.5 Å². The van der Waals surface area contributed by atoms with Crippen molar-refractivity contribution in [3.8, 4) is 0 Å². The molecular formula is C24H37F4NO4Si. The van der Waals surface area contributed by atoms with Crippen LogP contribution in [-0.2, 0) is 24.3 Å². The van der Waals surface area contributed by atoms with Crippen LogP contribution in [0.3, 0.4) is 0 Å². The van der Waals surface area contributed by atoms with Crippen molar-refractivity contribution in [3.63, 3.8) is 0 Å². The molecule has 0 amide bonds. The number of methoxy groups -OCH3 is 1. The normalized spacial score (nSPS) is 20.7. The molecule has 0 radical (unpaired) electrons. The standard InChI is InChI=1S/C24H37F4NO4Si/c1-16(29)18(25)19(22(13-14-22)15-32-34(6,7)21(2,3)4)33-20(30)23(31-5,24(26,27)28)17-11-9-8-10-12-17/h8-12,16,18-19H,13-15,29H2,1-7H3/t16-,18-,19+,23-/m1/s1. The number of esters is 1. The molecule has 0 heterocycles. The van der Waals surface area contributed by atoms with Crippen molar-refractivity contribution in [2.24, 2.45) is 11.1 Å². The van der Waals surface area contributed by atoms with Crippen LogP contribution >= 0.6 is 0 Å². The van der Waals surface area contributed by atoms with Crippen molar-refractivity contribution in [3.05, 3.63) is 35.9 Å². The second-order valence-corrected chi connectivity index (χ2v) is 15.6. The number of ether oxygens (including phenoxy) is 2. The minimum absolute atomic E-state index is 0.0753. The van der Waals surface area contributed by atoms with Gasteiger partial charge in [0.05, 0.1) is 0 Å². The number of benzene rings is 1. The van der Waals surface area contributed by atoms with Crippen molar-refractivity contribution in [1.82, 2.24) is 0 Å². The average molecular weight is 508 g/mol. The highest BCUT2D eigenvalue weighted by molar-refractivity contribution is 6.74. The molecule has 5 nitrogen and oxygen atoms in total. The van der Waals surface area contributed by atoms with Crippen LogP contribution in [0.4, 0.5) is 17.6 Å². The van der Waals surface area contributed by atoms with E-state index in [1.807, 2.05) is 33.9 Å². The molecular weight excluding hydrogens is 470 g/mol. The van der Waals surface area contributed by atoms with Crippen molar-refractivity contribution < 1.29 is 36.3 Å². The highest BCUT2D eigenvalue weighted by Crippen LogP contribution is 2.54. The number of carbonyl (C=O) groups excluding carboxylic acids is 1. The van der Waals surface area contributed by atoms with E-state index in [2.05, 4.69) is 0 Å². The van der Waals surface area contributed by atoms with E-state index >= 15 is 4.39 Å². The molecule has 0 spiro atoms. The smallest absolute Gasteiger partial charge is 0.432 e. The van der Waals surface area contributed by atoms with Crippen LogP contribution in [0.25, 0.3) is 0 Å². The van der Waals surface area contributed by atoms with Gasteiger partial charge in [-0.1, -0.05) is 51.1 Å². The second-order valence-electron chi connectivity index (χ2n) is 10.8. The number of alkyl halides is 4. The van der Waals surface area contributed by atoms with E-state index in [0.29, 0.717) is 12.8 Å². The maximum absolute atomic E-state index is 15.4. The molecule has 2 rings (SSSR count). The van der Waals surface area contributed by atoms with Gasteiger partial charge in [0.25, 0.3) is 5.60 Å².